The van der Waals surface area contributed by atoms with Gasteiger partial charge in [0.05, 0.1) is 7.11 Å². The van der Waals surface area contributed by atoms with Gasteiger partial charge >= 0.3 is 0 Å². The molecule has 1 atom stereocenters. The topological polar surface area (TPSA) is 54.6 Å². The van der Waals surface area contributed by atoms with Gasteiger partial charge in [-0.3, -0.25) is 4.90 Å². The van der Waals surface area contributed by atoms with E-state index in [4.69, 9.17) is 10.5 Å². The van der Waals surface area contributed by atoms with Crippen LogP contribution in [0.1, 0.15) is 30.9 Å². The van der Waals surface area contributed by atoms with Gasteiger partial charge in [-0.2, -0.15) is 0 Å². The Labute approximate surface area is 128 Å². The van der Waals surface area contributed by atoms with Gasteiger partial charge in [-0.05, 0) is 46.0 Å². The first-order valence-electron chi connectivity index (χ1n) is 7.60. The Morgan fingerprint density at radius 3 is 2.43 bits per heavy atom. The molecule has 0 aromatic carbocycles. The van der Waals surface area contributed by atoms with Gasteiger partial charge in [-0.25, -0.2) is 4.98 Å². The first-order chi connectivity index (χ1) is 10.0. The average Bonchev–Trinajstić information content (AvgIpc) is 2.44. The highest BCUT2D eigenvalue weighted by Gasteiger charge is 2.40. The van der Waals surface area contributed by atoms with Gasteiger partial charge in [0, 0.05) is 36.9 Å². The molecule has 0 radical (unpaired) electrons. The molecule has 1 aromatic rings. The summed E-state index contributed by atoms with van der Waals surface area (Å²) < 4.78 is 5.12. The predicted octanol–water partition coefficient (Wildman–Crippen LogP) is 1.51. The molecule has 0 bridgehead atoms. The zero-order valence-corrected chi connectivity index (χ0v) is 13.7. The van der Waals surface area contributed by atoms with Crippen molar-refractivity contribution in [2.75, 3.05) is 41.3 Å². The summed E-state index contributed by atoms with van der Waals surface area (Å²) in [5, 5.41) is 0. The fraction of sp³-hybridized carbons (Fsp3) is 0.688. The maximum atomic E-state index is 6.02. The second kappa shape index (κ2) is 6.73. The minimum atomic E-state index is 0.195. The van der Waals surface area contributed by atoms with Crippen LogP contribution in [0, 0.1) is 0 Å². The van der Waals surface area contributed by atoms with E-state index in [0.717, 1.165) is 12.1 Å². The Morgan fingerprint density at radius 2 is 2.05 bits per heavy atom. The Bertz CT molecular complexity index is 442. The normalized spacial score (nSPS) is 18.6. The minimum Gasteiger partial charge on any atom is -0.481 e. The van der Waals surface area contributed by atoms with Crippen LogP contribution in [0.5, 0.6) is 5.88 Å². The molecular formula is C16H28N4O. The standard InChI is InChI=1S/C16H28N4O/c1-19(2)16(8-5-9-16)12-20(3)14(10-17)13-6-7-15(21-4)18-11-13/h6-7,11,14H,5,8-10,12,17H2,1-4H3. The van der Waals surface area contributed by atoms with Crippen LogP contribution in [-0.2, 0) is 0 Å². The molecule has 1 aliphatic rings. The van der Waals surface area contributed by atoms with Crippen molar-refractivity contribution in [3.63, 3.8) is 0 Å². The lowest BCUT2D eigenvalue weighted by Crippen LogP contribution is -2.57. The van der Waals surface area contributed by atoms with E-state index < -0.39 is 0 Å². The first-order valence-corrected chi connectivity index (χ1v) is 7.60. The van der Waals surface area contributed by atoms with Crippen LogP contribution in [0.4, 0.5) is 0 Å². The van der Waals surface area contributed by atoms with Gasteiger partial charge < -0.3 is 15.4 Å². The first kappa shape index (κ1) is 16.2. The predicted molar refractivity (Wildman–Crippen MR) is 85.5 cm³/mol. The molecule has 2 rings (SSSR count). The van der Waals surface area contributed by atoms with E-state index in [2.05, 4.69) is 42.0 Å². The van der Waals surface area contributed by atoms with Crippen molar-refractivity contribution in [3.8, 4) is 5.88 Å². The van der Waals surface area contributed by atoms with Crippen molar-refractivity contribution in [2.45, 2.75) is 30.8 Å². The maximum absolute atomic E-state index is 6.02. The molecule has 0 aliphatic heterocycles. The third-order valence-corrected chi connectivity index (χ3v) is 4.89. The number of methoxy groups -OCH3 is 1. The number of nitrogens with zero attached hydrogens (tertiary/aromatic N) is 3. The smallest absolute Gasteiger partial charge is 0.212 e. The van der Waals surface area contributed by atoms with Crippen LogP contribution in [0.15, 0.2) is 18.3 Å². The summed E-state index contributed by atoms with van der Waals surface area (Å²) in [4.78, 5) is 9.03. The molecular weight excluding hydrogens is 264 g/mol. The summed E-state index contributed by atoms with van der Waals surface area (Å²) in [6, 6.07) is 4.15. The van der Waals surface area contributed by atoms with Crippen LogP contribution < -0.4 is 10.5 Å². The molecule has 118 valence electrons. The number of pyridine rings is 1. The number of hydrogen-bond donors (Lipinski definition) is 1. The van der Waals surface area contributed by atoms with Crippen LogP contribution >= 0.6 is 0 Å². The van der Waals surface area contributed by atoms with Gasteiger partial charge in [-0.1, -0.05) is 6.07 Å². The maximum Gasteiger partial charge on any atom is 0.212 e. The van der Waals surface area contributed by atoms with Gasteiger partial charge in [0.25, 0.3) is 0 Å². The summed E-state index contributed by atoms with van der Waals surface area (Å²) >= 11 is 0. The van der Waals surface area contributed by atoms with E-state index in [1.165, 1.54) is 19.3 Å². The number of nitrogens with two attached hydrogens (primary N) is 1. The number of rotatable bonds is 7. The summed E-state index contributed by atoms with van der Waals surface area (Å²) in [7, 11) is 8.15. The van der Waals surface area contributed by atoms with Crippen molar-refractivity contribution in [1.29, 1.82) is 0 Å². The number of hydrogen-bond acceptors (Lipinski definition) is 5. The van der Waals surface area contributed by atoms with E-state index in [1.807, 2.05) is 12.3 Å². The zero-order chi connectivity index (χ0) is 15.5. The quantitative estimate of drug-likeness (QED) is 0.825. The lowest BCUT2D eigenvalue weighted by atomic mass is 9.75. The highest BCUT2D eigenvalue weighted by atomic mass is 16.5. The van der Waals surface area contributed by atoms with Crippen molar-refractivity contribution in [3.05, 3.63) is 23.9 Å². The lowest BCUT2D eigenvalue weighted by molar-refractivity contribution is 0.0167. The molecule has 0 saturated heterocycles. The zero-order valence-electron chi connectivity index (χ0n) is 13.7. The fourth-order valence-electron chi connectivity index (χ4n) is 3.19. The Kier molecular flexibility index (Phi) is 5.19. The van der Waals surface area contributed by atoms with Crippen LogP contribution in [0.3, 0.4) is 0 Å². The summed E-state index contributed by atoms with van der Waals surface area (Å²) in [5.41, 5.74) is 7.47. The highest BCUT2D eigenvalue weighted by Crippen LogP contribution is 2.38. The monoisotopic (exact) mass is 292 g/mol. The molecule has 21 heavy (non-hydrogen) atoms. The molecule has 1 saturated carbocycles. The van der Waals surface area contributed by atoms with Gasteiger partial charge in [0.2, 0.25) is 5.88 Å². The Morgan fingerprint density at radius 1 is 1.33 bits per heavy atom. The van der Waals surface area contributed by atoms with E-state index in [9.17, 15) is 0 Å². The second-order valence-corrected chi connectivity index (χ2v) is 6.27. The van der Waals surface area contributed by atoms with Gasteiger partial charge in [0.15, 0.2) is 0 Å². The summed E-state index contributed by atoms with van der Waals surface area (Å²) in [6.45, 7) is 1.63. The largest absolute Gasteiger partial charge is 0.481 e. The average molecular weight is 292 g/mol. The highest BCUT2D eigenvalue weighted by molar-refractivity contribution is 5.21. The number of aromatic nitrogens is 1. The van der Waals surface area contributed by atoms with Crippen molar-refractivity contribution < 1.29 is 4.74 Å². The Balaban J connectivity index is 2.08. The molecule has 0 amide bonds. The molecule has 1 unspecified atom stereocenters. The molecule has 0 spiro atoms. The third-order valence-electron chi connectivity index (χ3n) is 4.89. The summed E-state index contributed by atoms with van der Waals surface area (Å²) in [6.07, 6.45) is 5.73. The van der Waals surface area contributed by atoms with Crippen LogP contribution in [0.2, 0.25) is 0 Å². The second-order valence-electron chi connectivity index (χ2n) is 6.27. The van der Waals surface area contributed by atoms with Gasteiger partial charge in [-0.15, -0.1) is 0 Å². The number of likely N-dealkylation sites (N-methyl/N-ethyl adjacent to an activating group) is 2. The molecule has 5 nitrogen and oxygen atoms in total. The molecule has 1 aromatic heterocycles. The fourth-order valence-corrected chi connectivity index (χ4v) is 3.19. The molecule has 2 N–H and O–H groups in total. The van der Waals surface area contributed by atoms with E-state index >= 15 is 0 Å². The molecule has 1 aliphatic carbocycles. The Hall–Kier alpha value is -1.17. The van der Waals surface area contributed by atoms with E-state index in [0.29, 0.717) is 18.0 Å². The molecule has 1 heterocycles. The SMILES string of the molecule is COc1ccc(C(CN)N(C)CC2(N(C)C)CCC2)cn1. The third kappa shape index (κ3) is 3.36. The minimum absolute atomic E-state index is 0.195. The van der Waals surface area contributed by atoms with Crippen molar-refractivity contribution in [1.82, 2.24) is 14.8 Å². The van der Waals surface area contributed by atoms with Crippen molar-refractivity contribution in [2.24, 2.45) is 5.73 Å². The molecule has 1 fully saturated rings. The van der Waals surface area contributed by atoms with Crippen LogP contribution in [-0.4, -0.2) is 61.7 Å². The number of ether oxygens (including phenoxy) is 1. The lowest BCUT2D eigenvalue weighted by Gasteiger charge is -2.50. The van der Waals surface area contributed by atoms with Crippen LogP contribution in [0.25, 0.3) is 0 Å². The van der Waals surface area contributed by atoms with E-state index in [-0.39, 0.29) is 6.04 Å². The van der Waals surface area contributed by atoms with E-state index in [1.54, 1.807) is 7.11 Å². The van der Waals surface area contributed by atoms with Crippen molar-refractivity contribution >= 4 is 0 Å². The summed E-state index contributed by atoms with van der Waals surface area (Å²) in [5.74, 6) is 0.640. The van der Waals surface area contributed by atoms with Gasteiger partial charge in [0.1, 0.15) is 0 Å². The molecule has 5 heteroatoms.